The monoisotopic (exact) mass is 322 g/mol. The molecule has 0 saturated heterocycles. The van der Waals surface area contributed by atoms with Crippen molar-refractivity contribution < 1.29 is 13.9 Å². The molecule has 0 aliphatic carbocycles. The summed E-state index contributed by atoms with van der Waals surface area (Å²) in [5, 5.41) is 2.91. The summed E-state index contributed by atoms with van der Waals surface area (Å²) >= 11 is 0. The number of nitrogens with one attached hydrogen (secondary N) is 1. The van der Waals surface area contributed by atoms with Gasteiger partial charge in [0.2, 0.25) is 0 Å². The number of rotatable bonds is 6. The summed E-state index contributed by atoms with van der Waals surface area (Å²) in [6.07, 6.45) is 3.31. The van der Waals surface area contributed by atoms with Crippen molar-refractivity contribution in [3.8, 4) is 17.2 Å². The van der Waals surface area contributed by atoms with Crippen LogP contribution in [0.3, 0.4) is 0 Å². The second kappa shape index (κ2) is 7.46. The van der Waals surface area contributed by atoms with Crippen LogP contribution < -0.4 is 10.1 Å². The van der Waals surface area contributed by atoms with Gasteiger partial charge < -0.3 is 14.5 Å². The molecule has 2 aromatic heterocycles. The maximum atomic E-state index is 12.4. The highest BCUT2D eigenvalue weighted by atomic mass is 16.5. The van der Waals surface area contributed by atoms with Gasteiger partial charge in [-0.2, -0.15) is 0 Å². The standard InChI is InChI=1S/C19H18N2O3/c1-2-23-17-7-4-3-6-15(17)19(22)21-13-14-9-10-20-16(12-14)18-8-5-11-24-18/h3-12H,2,13H2,1H3,(H,21,22). The Balaban J connectivity index is 1.70. The Labute approximate surface area is 140 Å². The van der Waals surface area contributed by atoms with E-state index in [1.54, 1.807) is 24.6 Å². The van der Waals surface area contributed by atoms with Gasteiger partial charge in [0.25, 0.3) is 5.91 Å². The van der Waals surface area contributed by atoms with Crippen LogP contribution in [0.25, 0.3) is 11.5 Å². The number of nitrogens with zero attached hydrogens (tertiary/aromatic N) is 1. The van der Waals surface area contributed by atoms with Crippen molar-refractivity contribution >= 4 is 5.91 Å². The number of aromatic nitrogens is 1. The van der Waals surface area contributed by atoms with E-state index in [1.165, 1.54) is 0 Å². The molecule has 0 aliphatic rings. The third-order valence-corrected chi connectivity index (χ3v) is 3.48. The van der Waals surface area contributed by atoms with Crippen LogP contribution in [0.1, 0.15) is 22.8 Å². The number of ether oxygens (including phenoxy) is 1. The molecule has 5 nitrogen and oxygen atoms in total. The Kier molecular flexibility index (Phi) is 4.91. The predicted molar refractivity (Wildman–Crippen MR) is 90.7 cm³/mol. The third kappa shape index (κ3) is 3.63. The summed E-state index contributed by atoms with van der Waals surface area (Å²) in [5.74, 6) is 1.11. The first-order valence-electron chi connectivity index (χ1n) is 7.76. The average molecular weight is 322 g/mol. The fraction of sp³-hybridized carbons (Fsp3) is 0.158. The molecule has 0 fully saturated rings. The minimum absolute atomic E-state index is 0.171. The van der Waals surface area contributed by atoms with Crippen molar-refractivity contribution in [1.82, 2.24) is 10.3 Å². The fourth-order valence-corrected chi connectivity index (χ4v) is 2.36. The summed E-state index contributed by atoms with van der Waals surface area (Å²) in [4.78, 5) is 16.7. The molecule has 0 spiro atoms. The maximum Gasteiger partial charge on any atom is 0.255 e. The Bertz CT molecular complexity index is 813. The lowest BCUT2D eigenvalue weighted by Gasteiger charge is -2.10. The molecule has 3 rings (SSSR count). The number of hydrogen-bond donors (Lipinski definition) is 1. The quantitative estimate of drug-likeness (QED) is 0.752. The number of hydrogen-bond acceptors (Lipinski definition) is 4. The summed E-state index contributed by atoms with van der Waals surface area (Å²) in [6, 6.07) is 14.6. The molecule has 0 radical (unpaired) electrons. The first kappa shape index (κ1) is 15.8. The van der Waals surface area contributed by atoms with Crippen LogP contribution in [-0.4, -0.2) is 17.5 Å². The van der Waals surface area contributed by atoms with Crippen molar-refractivity contribution in [2.45, 2.75) is 13.5 Å². The Hall–Kier alpha value is -3.08. The second-order valence-electron chi connectivity index (χ2n) is 5.14. The highest BCUT2D eigenvalue weighted by Gasteiger charge is 2.12. The van der Waals surface area contributed by atoms with Crippen LogP contribution in [0, 0.1) is 0 Å². The molecule has 1 N–H and O–H groups in total. The number of carbonyl (C=O) groups is 1. The van der Waals surface area contributed by atoms with Crippen molar-refractivity contribution in [3.05, 3.63) is 72.1 Å². The van der Waals surface area contributed by atoms with Crippen LogP contribution in [-0.2, 0) is 6.54 Å². The van der Waals surface area contributed by atoms with Crippen LogP contribution >= 0.6 is 0 Å². The highest BCUT2D eigenvalue weighted by molar-refractivity contribution is 5.96. The molecule has 2 heterocycles. The van der Waals surface area contributed by atoms with Gasteiger partial charge in [0.05, 0.1) is 18.4 Å². The largest absolute Gasteiger partial charge is 0.493 e. The molecule has 5 heteroatoms. The zero-order valence-corrected chi connectivity index (χ0v) is 13.4. The normalized spacial score (nSPS) is 10.4. The number of pyridine rings is 1. The molecule has 0 unspecified atom stereocenters. The van der Waals surface area contributed by atoms with E-state index in [1.807, 2.05) is 43.3 Å². The predicted octanol–water partition coefficient (Wildman–Crippen LogP) is 3.67. The van der Waals surface area contributed by atoms with Gasteiger partial charge in [-0.1, -0.05) is 12.1 Å². The zero-order chi connectivity index (χ0) is 16.8. The lowest BCUT2D eigenvalue weighted by molar-refractivity contribution is 0.0947. The third-order valence-electron chi connectivity index (χ3n) is 3.48. The van der Waals surface area contributed by atoms with E-state index in [0.29, 0.717) is 30.2 Å². The van der Waals surface area contributed by atoms with Crippen molar-refractivity contribution in [2.24, 2.45) is 0 Å². The Morgan fingerprint density at radius 3 is 2.88 bits per heavy atom. The zero-order valence-electron chi connectivity index (χ0n) is 13.4. The molecule has 3 aromatic rings. The molecule has 1 aromatic carbocycles. The van der Waals surface area contributed by atoms with Gasteiger partial charge in [-0.3, -0.25) is 9.78 Å². The van der Waals surface area contributed by atoms with Gasteiger partial charge in [0.15, 0.2) is 5.76 Å². The fourth-order valence-electron chi connectivity index (χ4n) is 2.36. The number of carbonyl (C=O) groups excluding carboxylic acids is 1. The maximum absolute atomic E-state index is 12.4. The van der Waals surface area contributed by atoms with E-state index in [9.17, 15) is 4.79 Å². The molecule has 122 valence electrons. The highest BCUT2D eigenvalue weighted by Crippen LogP contribution is 2.19. The van der Waals surface area contributed by atoms with Crippen molar-refractivity contribution in [1.29, 1.82) is 0 Å². The van der Waals surface area contributed by atoms with Crippen molar-refractivity contribution in [2.75, 3.05) is 6.61 Å². The van der Waals surface area contributed by atoms with E-state index >= 15 is 0 Å². The molecule has 0 saturated carbocycles. The lowest BCUT2D eigenvalue weighted by atomic mass is 10.1. The summed E-state index contributed by atoms with van der Waals surface area (Å²) < 4.78 is 10.8. The molecule has 0 bridgehead atoms. The van der Waals surface area contributed by atoms with Gasteiger partial charge in [0, 0.05) is 12.7 Å². The SMILES string of the molecule is CCOc1ccccc1C(=O)NCc1ccnc(-c2ccco2)c1. The number of furan rings is 1. The van der Waals surface area contributed by atoms with E-state index in [-0.39, 0.29) is 5.91 Å². The molecule has 1 amide bonds. The molecule has 0 aliphatic heterocycles. The first-order chi connectivity index (χ1) is 11.8. The van der Waals surface area contributed by atoms with Crippen LogP contribution in [0.15, 0.2) is 65.4 Å². The second-order valence-corrected chi connectivity index (χ2v) is 5.14. The van der Waals surface area contributed by atoms with Gasteiger partial charge in [-0.15, -0.1) is 0 Å². The Morgan fingerprint density at radius 1 is 1.21 bits per heavy atom. The van der Waals surface area contributed by atoms with Crippen LogP contribution in [0.5, 0.6) is 5.75 Å². The van der Waals surface area contributed by atoms with Gasteiger partial charge in [-0.25, -0.2) is 0 Å². The van der Waals surface area contributed by atoms with E-state index in [2.05, 4.69) is 10.3 Å². The summed E-state index contributed by atoms with van der Waals surface area (Å²) in [5.41, 5.74) is 2.21. The number of para-hydroxylation sites is 1. The van der Waals surface area contributed by atoms with Gasteiger partial charge >= 0.3 is 0 Å². The summed E-state index contributed by atoms with van der Waals surface area (Å²) in [7, 11) is 0. The molecular formula is C19H18N2O3. The number of amides is 1. The van der Waals surface area contributed by atoms with Crippen molar-refractivity contribution in [3.63, 3.8) is 0 Å². The minimum Gasteiger partial charge on any atom is -0.493 e. The lowest BCUT2D eigenvalue weighted by Crippen LogP contribution is -2.23. The van der Waals surface area contributed by atoms with E-state index in [0.717, 1.165) is 11.3 Å². The summed E-state index contributed by atoms with van der Waals surface area (Å²) in [6.45, 7) is 2.80. The van der Waals surface area contributed by atoms with E-state index < -0.39 is 0 Å². The average Bonchev–Trinajstić information content (AvgIpc) is 3.15. The van der Waals surface area contributed by atoms with Crippen LogP contribution in [0.4, 0.5) is 0 Å². The Morgan fingerprint density at radius 2 is 2.08 bits per heavy atom. The van der Waals surface area contributed by atoms with E-state index in [4.69, 9.17) is 9.15 Å². The minimum atomic E-state index is -0.171. The first-order valence-corrected chi connectivity index (χ1v) is 7.76. The van der Waals surface area contributed by atoms with Gasteiger partial charge in [0.1, 0.15) is 11.4 Å². The van der Waals surface area contributed by atoms with Gasteiger partial charge in [-0.05, 0) is 48.9 Å². The smallest absolute Gasteiger partial charge is 0.255 e. The molecular weight excluding hydrogens is 304 g/mol. The van der Waals surface area contributed by atoms with Crippen LogP contribution in [0.2, 0.25) is 0 Å². The molecule has 0 atom stereocenters. The topological polar surface area (TPSA) is 64.4 Å². The number of benzene rings is 1. The molecule has 24 heavy (non-hydrogen) atoms.